The number of hydrogen-bond acceptors (Lipinski definition) is 7. The van der Waals surface area contributed by atoms with E-state index in [1.807, 2.05) is 0 Å². The first-order valence-electron chi connectivity index (χ1n) is 9.54. The number of oxazole rings is 1. The van der Waals surface area contributed by atoms with Crippen molar-refractivity contribution in [3.8, 4) is 0 Å². The number of fused-ring (bicyclic) bond motifs is 1. The molecule has 2 aromatic heterocycles. The molecule has 31 heavy (non-hydrogen) atoms. The number of carbonyl (C=O) groups is 2. The van der Waals surface area contributed by atoms with Crippen LogP contribution in [0.4, 0.5) is 5.69 Å². The first-order chi connectivity index (χ1) is 14.8. The van der Waals surface area contributed by atoms with E-state index < -0.39 is 11.8 Å². The number of benzene rings is 1. The van der Waals surface area contributed by atoms with Crippen LogP contribution >= 0.6 is 0 Å². The maximum atomic E-state index is 12.9. The van der Waals surface area contributed by atoms with E-state index in [1.165, 1.54) is 24.1 Å². The number of allylic oxidation sites excluding steroid dienone is 1. The summed E-state index contributed by atoms with van der Waals surface area (Å²) in [5, 5.41) is 17.8. The van der Waals surface area contributed by atoms with Crippen LogP contribution in [0, 0.1) is 12.3 Å². The Hall–Kier alpha value is -3.79. The number of aromatic nitrogens is 3. The van der Waals surface area contributed by atoms with Crippen LogP contribution in [0.15, 0.2) is 46.7 Å². The number of rotatable bonds is 8. The lowest BCUT2D eigenvalue weighted by Gasteiger charge is -2.14. The van der Waals surface area contributed by atoms with E-state index in [0.29, 0.717) is 28.2 Å². The van der Waals surface area contributed by atoms with E-state index in [9.17, 15) is 9.59 Å². The lowest BCUT2D eigenvalue weighted by atomic mass is 10.1. The van der Waals surface area contributed by atoms with E-state index in [4.69, 9.17) is 14.6 Å². The van der Waals surface area contributed by atoms with Crippen molar-refractivity contribution in [1.29, 1.82) is 5.41 Å². The third kappa shape index (κ3) is 5.43. The number of nitrogens with zero attached hydrogens (tertiary/aromatic N) is 3. The molecule has 0 spiro atoms. The lowest BCUT2D eigenvalue weighted by Crippen LogP contribution is -2.39. The van der Waals surface area contributed by atoms with Crippen molar-refractivity contribution < 1.29 is 18.7 Å². The summed E-state index contributed by atoms with van der Waals surface area (Å²) < 4.78 is 12.0. The van der Waals surface area contributed by atoms with Gasteiger partial charge in [-0.2, -0.15) is 5.10 Å². The van der Waals surface area contributed by atoms with Gasteiger partial charge in [0.25, 0.3) is 11.8 Å². The molecule has 0 saturated heterocycles. The van der Waals surface area contributed by atoms with Crippen molar-refractivity contribution in [2.45, 2.75) is 19.9 Å². The minimum absolute atomic E-state index is 0.0200. The highest BCUT2D eigenvalue weighted by molar-refractivity contribution is 6.27. The van der Waals surface area contributed by atoms with Crippen molar-refractivity contribution in [3.63, 3.8) is 0 Å². The fourth-order valence-corrected chi connectivity index (χ4v) is 2.95. The van der Waals surface area contributed by atoms with E-state index in [1.54, 1.807) is 45.3 Å². The molecule has 0 aliphatic carbocycles. The number of amides is 2. The molecule has 0 aliphatic heterocycles. The third-order valence-electron chi connectivity index (χ3n) is 4.34. The molecule has 10 nitrogen and oxygen atoms in total. The van der Waals surface area contributed by atoms with Gasteiger partial charge in [0.15, 0.2) is 11.5 Å². The average Bonchev–Trinajstić information content (AvgIpc) is 3.28. The van der Waals surface area contributed by atoms with Crippen molar-refractivity contribution in [2.24, 2.45) is 7.05 Å². The Morgan fingerprint density at radius 3 is 2.81 bits per heavy atom. The zero-order valence-corrected chi connectivity index (χ0v) is 17.7. The van der Waals surface area contributed by atoms with E-state index in [2.05, 4.69) is 20.7 Å². The molecule has 0 unspecified atom stereocenters. The molecule has 0 fully saturated rings. The third-order valence-corrected chi connectivity index (χ3v) is 4.34. The lowest BCUT2D eigenvalue weighted by molar-refractivity contribution is -0.122. The smallest absolute Gasteiger partial charge is 0.261 e. The highest BCUT2D eigenvalue weighted by Crippen LogP contribution is 2.18. The molecular formula is C21H24N6O4. The van der Waals surface area contributed by atoms with Gasteiger partial charge in [0.1, 0.15) is 11.1 Å². The van der Waals surface area contributed by atoms with Gasteiger partial charge >= 0.3 is 0 Å². The van der Waals surface area contributed by atoms with Gasteiger partial charge in [-0.3, -0.25) is 14.3 Å². The second-order valence-electron chi connectivity index (χ2n) is 7.07. The Kier molecular flexibility index (Phi) is 6.61. The predicted molar refractivity (Wildman–Crippen MR) is 115 cm³/mol. The minimum Gasteiger partial charge on any atom is -0.441 e. The molecule has 0 aliphatic rings. The van der Waals surface area contributed by atoms with Crippen molar-refractivity contribution >= 4 is 34.3 Å². The molecule has 3 rings (SSSR count). The summed E-state index contributed by atoms with van der Waals surface area (Å²) in [5.74, 6) is -0.760. The molecule has 3 aromatic rings. The van der Waals surface area contributed by atoms with Crippen molar-refractivity contribution in [1.82, 2.24) is 20.1 Å². The number of aryl methyl sites for hydroxylation is 2. The first kappa shape index (κ1) is 21.9. The van der Waals surface area contributed by atoms with Gasteiger partial charge in [0, 0.05) is 38.9 Å². The van der Waals surface area contributed by atoms with Crippen LogP contribution in [0.3, 0.4) is 0 Å². The number of ether oxygens (including phenoxy) is 1. The Morgan fingerprint density at radius 2 is 2.13 bits per heavy atom. The van der Waals surface area contributed by atoms with Crippen LogP contribution in [0.5, 0.6) is 0 Å². The molecule has 2 amide bonds. The van der Waals surface area contributed by atoms with Crippen LogP contribution in [-0.2, 0) is 21.4 Å². The molecule has 0 radical (unpaired) electrons. The van der Waals surface area contributed by atoms with Gasteiger partial charge in [0.05, 0.1) is 24.2 Å². The second-order valence-corrected chi connectivity index (χ2v) is 7.07. The number of carbonyl (C=O) groups excluding carboxylic acids is 2. The number of nitrogens with one attached hydrogen (secondary N) is 3. The molecule has 162 valence electrons. The number of hydrogen-bond donors (Lipinski definition) is 3. The van der Waals surface area contributed by atoms with Crippen LogP contribution in [0.2, 0.25) is 0 Å². The van der Waals surface area contributed by atoms with Gasteiger partial charge in [-0.05, 0) is 31.2 Å². The Balaban J connectivity index is 1.90. The summed E-state index contributed by atoms with van der Waals surface area (Å²) in [6.07, 6.45) is 4.30. The molecule has 0 saturated carbocycles. The normalized spacial score (nSPS) is 12.6. The largest absolute Gasteiger partial charge is 0.441 e. The van der Waals surface area contributed by atoms with Crippen LogP contribution < -0.4 is 10.6 Å². The first-order valence-corrected chi connectivity index (χ1v) is 9.54. The topological polar surface area (TPSA) is 135 Å². The zero-order chi connectivity index (χ0) is 22.5. The molecule has 3 N–H and O–H groups in total. The van der Waals surface area contributed by atoms with Crippen molar-refractivity contribution in [3.05, 3.63) is 53.7 Å². The van der Waals surface area contributed by atoms with E-state index in [-0.39, 0.29) is 23.9 Å². The van der Waals surface area contributed by atoms with Gasteiger partial charge in [0.2, 0.25) is 0 Å². The summed E-state index contributed by atoms with van der Waals surface area (Å²) in [5.41, 5.74) is 1.88. The fourth-order valence-electron chi connectivity index (χ4n) is 2.95. The highest BCUT2D eigenvalue weighted by Gasteiger charge is 2.22. The molecule has 2 heterocycles. The summed E-state index contributed by atoms with van der Waals surface area (Å²) in [4.78, 5) is 29.9. The maximum absolute atomic E-state index is 12.9. The van der Waals surface area contributed by atoms with Gasteiger partial charge < -0.3 is 25.2 Å². The van der Waals surface area contributed by atoms with Crippen LogP contribution in [0.25, 0.3) is 11.1 Å². The van der Waals surface area contributed by atoms with E-state index >= 15 is 0 Å². The van der Waals surface area contributed by atoms with Gasteiger partial charge in [-0.25, -0.2) is 4.98 Å². The molecule has 10 heteroatoms. The molecule has 0 bridgehead atoms. The Labute approximate surface area is 178 Å². The van der Waals surface area contributed by atoms with Crippen LogP contribution in [-0.4, -0.2) is 52.0 Å². The summed E-state index contributed by atoms with van der Waals surface area (Å²) in [7, 11) is 3.23. The van der Waals surface area contributed by atoms with Gasteiger partial charge in [-0.1, -0.05) is 0 Å². The fraction of sp³-hybridized carbons (Fsp3) is 0.286. The maximum Gasteiger partial charge on any atom is 0.261 e. The highest BCUT2D eigenvalue weighted by atomic mass is 16.5. The van der Waals surface area contributed by atoms with E-state index in [0.717, 1.165) is 0 Å². The average molecular weight is 424 g/mol. The molecular weight excluding hydrogens is 400 g/mol. The minimum atomic E-state index is -0.654. The van der Waals surface area contributed by atoms with Crippen molar-refractivity contribution in [2.75, 3.05) is 19.0 Å². The second kappa shape index (κ2) is 9.35. The Bertz CT molecular complexity index is 1160. The number of anilines is 1. The molecule has 1 aromatic carbocycles. The summed E-state index contributed by atoms with van der Waals surface area (Å²) in [6.45, 7) is 3.77. The zero-order valence-electron chi connectivity index (χ0n) is 17.7. The summed E-state index contributed by atoms with van der Waals surface area (Å²) in [6, 6.07) is 4.72. The monoisotopic (exact) mass is 424 g/mol. The SMILES string of the molecule is COC[C@H](C)NC(=O)/C(=C/C(=N)c1ccc2oc(C)nc2c1)C(=O)Nc1cnn(C)c1. The van der Waals surface area contributed by atoms with Gasteiger partial charge in [-0.15, -0.1) is 0 Å². The Morgan fingerprint density at radius 1 is 1.35 bits per heavy atom. The number of methoxy groups -OCH3 is 1. The standard InChI is InChI=1S/C21H24N6O4/c1-12(11-30-4)24-20(28)16(21(29)26-15-9-23-27(3)10-15)8-17(22)14-5-6-19-18(7-14)25-13(2)31-19/h5-10,12,22H,11H2,1-4H3,(H,24,28)(H,26,29)/b16-8-,22-17?/t12-/m0/s1. The molecule has 1 atom stereocenters. The summed E-state index contributed by atoms with van der Waals surface area (Å²) >= 11 is 0. The predicted octanol–water partition coefficient (Wildman–Crippen LogP) is 1.95. The van der Waals surface area contributed by atoms with Crippen LogP contribution in [0.1, 0.15) is 18.4 Å². The quantitative estimate of drug-likeness (QED) is 0.219.